The number of nitrogens with one attached hydrogen (secondary N) is 1. The minimum Gasteiger partial charge on any atom is -0.478 e. The van der Waals surface area contributed by atoms with Gasteiger partial charge in [0.15, 0.2) is 5.82 Å². The van der Waals surface area contributed by atoms with E-state index in [1.165, 1.54) is 19.3 Å². The molecule has 3 rings (SSSR count). The summed E-state index contributed by atoms with van der Waals surface area (Å²) in [5.41, 5.74) is 2.19. The molecule has 0 saturated carbocycles. The monoisotopic (exact) mass is 260 g/mol. The Hall–Kier alpha value is -2.11. The average Bonchev–Trinajstić information content (AvgIpc) is 2.47. The molecule has 1 aromatic rings. The number of aromatic nitrogens is 2. The van der Waals surface area contributed by atoms with Gasteiger partial charge in [-0.3, -0.25) is 0 Å². The number of carboxylic acid groups (broad SMARTS) is 1. The predicted octanol–water partition coefficient (Wildman–Crippen LogP) is 1.36. The third kappa shape index (κ3) is 2.25. The zero-order chi connectivity index (χ0) is 13.2. The maximum Gasteiger partial charge on any atom is 0.333 e. The SMILES string of the molecule is O=C(O)C1=Cc2c(N3CCCCC3)cnnc2NC1. The van der Waals surface area contributed by atoms with Gasteiger partial charge in [0.2, 0.25) is 0 Å². The van der Waals surface area contributed by atoms with E-state index in [0.717, 1.165) is 24.3 Å². The van der Waals surface area contributed by atoms with E-state index in [9.17, 15) is 4.79 Å². The number of rotatable bonds is 2. The summed E-state index contributed by atoms with van der Waals surface area (Å²) in [6.45, 7) is 2.28. The Labute approximate surface area is 111 Å². The lowest BCUT2D eigenvalue weighted by Crippen LogP contribution is -2.31. The highest BCUT2D eigenvalue weighted by molar-refractivity contribution is 5.97. The van der Waals surface area contributed by atoms with Gasteiger partial charge in [-0.05, 0) is 25.3 Å². The summed E-state index contributed by atoms with van der Waals surface area (Å²) in [5.74, 6) is -0.215. The quantitative estimate of drug-likeness (QED) is 0.836. The molecule has 0 bridgehead atoms. The normalized spacial score (nSPS) is 18.3. The highest BCUT2D eigenvalue weighted by Crippen LogP contribution is 2.31. The van der Waals surface area contributed by atoms with Crippen LogP contribution < -0.4 is 10.2 Å². The van der Waals surface area contributed by atoms with Crippen molar-refractivity contribution in [3.8, 4) is 0 Å². The number of piperidine rings is 1. The first-order chi connectivity index (χ1) is 9.25. The summed E-state index contributed by atoms with van der Waals surface area (Å²) in [7, 11) is 0. The third-order valence-corrected chi connectivity index (χ3v) is 3.61. The van der Waals surface area contributed by atoms with Crippen LogP contribution in [0.2, 0.25) is 0 Å². The molecule has 0 radical (unpaired) electrons. The second kappa shape index (κ2) is 4.87. The Balaban J connectivity index is 2.01. The van der Waals surface area contributed by atoms with Gasteiger partial charge in [-0.1, -0.05) is 0 Å². The van der Waals surface area contributed by atoms with Crippen LogP contribution in [0, 0.1) is 0 Å². The standard InChI is InChI=1S/C13H16N4O2/c18-13(19)9-6-10-11(17-4-2-1-3-5-17)8-15-16-12(10)14-7-9/h6,8H,1-5,7H2,(H,14,16)(H,18,19). The minimum atomic E-state index is -0.889. The lowest BCUT2D eigenvalue weighted by molar-refractivity contribution is -0.132. The molecule has 2 N–H and O–H groups in total. The molecule has 0 spiro atoms. The zero-order valence-electron chi connectivity index (χ0n) is 10.6. The molecule has 6 nitrogen and oxygen atoms in total. The van der Waals surface area contributed by atoms with Gasteiger partial charge in [0, 0.05) is 25.2 Å². The van der Waals surface area contributed by atoms with Crippen molar-refractivity contribution in [3.05, 3.63) is 17.3 Å². The number of nitrogens with zero attached hydrogens (tertiary/aromatic N) is 3. The second-order valence-corrected chi connectivity index (χ2v) is 4.87. The summed E-state index contributed by atoms with van der Waals surface area (Å²) >= 11 is 0. The van der Waals surface area contributed by atoms with Crippen LogP contribution in [0.3, 0.4) is 0 Å². The topological polar surface area (TPSA) is 78.3 Å². The molecule has 2 aliphatic rings. The van der Waals surface area contributed by atoms with E-state index in [0.29, 0.717) is 17.9 Å². The summed E-state index contributed by atoms with van der Waals surface area (Å²) in [5, 5.41) is 20.2. The molecule has 6 heteroatoms. The molecule has 0 unspecified atom stereocenters. The molecule has 2 aliphatic heterocycles. The Morgan fingerprint density at radius 1 is 1.32 bits per heavy atom. The van der Waals surface area contributed by atoms with Crippen LogP contribution >= 0.6 is 0 Å². The van der Waals surface area contributed by atoms with Crippen molar-refractivity contribution in [2.75, 3.05) is 29.9 Å². The van der Waals surface area contributed by atoms with Gasteiger partial charge in [0.05, 0.1) is 17.5 Å². The van der Waals surface area contributed by atoms with Gasteiger partial charge in [-0.15, -0.1) is 5.10 Å². The van der Waals surface area contributed by atoms with E-state index < -0.39 is 5.97 Å². The molecular formula is C13H16N4O2. The lowest BCUT2D eigenvalue weighted by Gasteiger charge is -2.31. The highest BCUT2D eigenvalue weighted by atomic mass is 16.4. The second-order valence-electron chi connectivity index (χ2n) is 4.87. The predicted molar refractivity (Wildman–Crippen MR) is 72.2 cm³/mol. The van der Waals surface area contributed by atoms with E-state index in [2.05, 4.69) is 20.4 Å². The summed E-state index contributed by atoms with van der Waals surface area (Å²) < 4.78 is 0. The van der Waals surface area contributed by atoms with E-state index in [1.807, 2.05) is 0 Å². The first-order valence-corrected chi connectivity index (χ1v) is 6.54. The van der Waals surface area contributed by atoms with Crippen LogP contribution in [0.25, 0.3) is 6.08 Å². The third-order valence-electron chi connectivity index (χ3n) is 3.61. The maximum absolute atomic E-state index is 11.1. The minimum absolute atomic E-state index is 0.292. The number of anilines is 2. The maximum atomic E-state index is 11.1. The van der Waals surface area contributed by atoms with Gasteiger partial charge >= 0.3 is 5.97 Å². The van der Waals surface area contributed by atoms with Crippen LogP contribution in [-0.2, 0) is 4.79 Å². The largest absolute Gasteiger partial charge is 0.478 e. The first kappa shape index (κ1) is 12.0. The van der Waals surface area contributed by atoms with E-state index in [4.69, 9.17) is 5.11 Å². The molecular weight excluding hydrogens is 244 g/mol. The fourth-order valence-corrected chi connectivity index (χ4v) is 2.59. The van der Waals surface area contributed by atoms with Gasteiger partial charge in [-0.2, -0.15) is 5.10 Å². The molecule has 1 fully saturated rings. The summed E-state index contributed by atoms with van der Waals surface area (Å²) in [6, 6.07) is 0. The summed E-state index contributed by atoms with van der Waals surface area (Å²) in [6.07, 6.45) is 7.03. The molecule has 0 aliphatic carbocycles. The Bertz CT molecular complexity index is 535. The van der Waals surface area contributed by atoms with E-state index in [1.54, 1.807) is 12.3 Å². The van der Waals surface area contributed by atoms with Gasteiger partial charge in [0.1, 0.15) is 0 Å². The van der Waals surface area contributed by atoms with Crippen molar-refractivity contribution < 1.29 is 9.90 Å². The molecule has 1 saturated heterocycles. The number of carboxylic acids is 1. The summed E-state index contributed by atoms with van der Waals surface area (Å²) in [4.78, 5) is 13.4. The molecule has 0 atom stereocenters. The van der Waals surface area contributed by atoms with Gasteiger partial charge < -0.3 is 15.3 Å². The van der Waals surface area contributed by atoms with Crippen molar-refractivity contribution in [3.63, 3.8) is 0 Å². The molecule has 3 heterocycles. The molecule has 100 valence electrons. The van der Waals surface area contributed by atoms with Crippen LogP contribution in [-0.4, -0.2) is 40.9 Å². The van der Waals surface area contributed by atoms with E-state index in [-0.39, 0.29) is 0 Å². The van der Waals surface area contributed by atoms with Crippen molar-refractivity contribution in [1.82, 2.24) is 10.2 Å². The molecule has 0 aromatic carbocycles. The van der Waals surface area contributed by atoms with Crippen molar-refractivity contribution in [2.24, 2.45) is 0 Å². The van der Waals surface area contributed by atoms with E-state index >= 15 is 0 Å². The Kier molecular flexibility index (Phi) is 3.06. The number of hydrogen-bond donors (Lipinski definition) is 2. The molecule has 0 amide bonds. The number of fused-ring (bicyclic) bond motifs is 1. The number of hydrogen-bond acceptors (Lipinski definition) is 5. The van der Waals surface area contributed by atoms with Gasteiger partial charge in [0.25, 0.3) is 0 Å². The van der Waals surface area contributed by atoms with Crippen molar-refractivity contribution >= 4 is 23.6 Å². The Morgan fingerprint density at radius 3 is 2.84 bits per heavy atom. The number of carbonyl (C=O) groups is 1. The number of aliphatic carboxylic acids is 1. The van der Waals surface area contributed by atoms with Crippen LogP contribution in [0.1, 0.15) is 24.8 Å². The molecule has 1 aromatic heterocycles. The Morgan fingerprint density at radius 2 is 2.11 bits per heavy atom. The fourth-order valence-electron chi connectivity index (χ4n) is 2.59. The van der Waals surface area contributed by atoms with Crippen LogP contribution in [0.5, 0.6) is 0 Å². The molecule has 19 heavy (non-hydrogen) atoms. The van der Waals surface area contributed by atoms with Crippen molar-refractivity contribution in [2.45, 2.75) is 19.3 Å². The smallest absolute Gasteiger partial charge is 0.333 e. The highest BCUT2D eigenvalue weighted by Gasteiger charge is 2.22. The average molecular weight is 260 g/mol. The van der Waals surface area contributed by atoms with Crippen LogP contribution in [0.15, 0.2) is 11.8 Å². The van der Waals surface area contributed by atoms with Crippen molar-refractivity contribution in [1.29, 1.82) is 0 Å². The van der Waals surface area contributed by atoms with Gasteiger partial charge in [-0.25, -0.2) is 4.79 Å². The first-order valence-electron chi connectivity index (χ1n) is 6.54. The zero-order valence-corrected chi connectivity index (χ0v) is 10.6. The lowest BCUT2D eigenvalue weighted by atomic mass is 10.0. The fraction of sp³-hybridized carbons (Fsp3) is 0.462. The van der Waals surface area contributed by atoms with Crippen LogP contribution in [0.4, 0.5) is 11.5 Å².